The highest BCUT2D eigenvalue weighted by Crippen LogP contribution is 2.23. The van der Waals surface area contributed by atoms with Gasteiger partial charge >= 0.3 is 5.69 Å². The standard InChI is InChI=1S/C21H17N7O5S/c29-18-11-14(23-20(31)24-18)10-17-25-26-21(27(17)15-4-2-1-3-5-15)34-12-19(30)22-13-6-8-16(9-7-13)28(32)33/h1-9,11H,10,12H2,(H,22,30)(H2,23,24,29,31). The van der Waals surface area contributed by atoms with Gasteiger partial charge in [-0.2, -0.15) is 0 Å². The lowest BCUT2D eigenvalue weighted by Crippen LogP contribution is -2.23. The molecule has 0 spiro atoms. The lowest BCUT2D eigenvalue weighted by molar-refractivity contribution is -0.384. The number of carbonyl (C=O) groups is 1. The van der Waals surface area contributed by atoms with Crippen LogP contribution in [0.15, 0.2) is 75.4 Å². The zero-order valence-corrected chi connectivity index (χ0v) is 18.2. The Balaban J connectivity index is 1.53. The van der Waals surface area contributed by atoms with E-state index >= 15 is 0 Å². The molecule has 2 aromatic carbocycles. The van der Waals surface area contributed by atoms with Gasteiger partial charge in [-0.15, -0.1) is 10.2 Å². The van der Waals surface area contributed by atoms with Crippen molar-refractivity contribution in [1.29, 1.82) is 0 Å². The van der Waals surface area contributed by atoms with E-state index in [4.69, 9.17) is 0 Å². The van der Waals surface area contributed by atoms with Gasteiger partial charge in [0, 0.05) is 41.7 Å². The van der Waals surface area contributed by atoms with Gasteiger partial charge in [-0.1, -0.05) is 30.0 Å². The summed E-state index contributed by atoms with van der Waals surface area (Å²) >= 11 is 1.14. The Morgan fingerprint density at radius 1 is 1.06 bits per heavy atom. The zero-order chi connectivity index (χ0) is 24.1. The van der Waals surface area contributed by atoms with Gasteiger partial charge in [0.2, 0.25) is 5.91 Å². The highest BCUT2D eigenvalue weighted by atomic mass is 32.2. The molecule has 0 saturated heterocycles. The van der Waals surface area contributed by atoms with Crippen molar-refractivity contribution in [2.45, 2.75) is 11.6 Å². The number of nitrogens with zero attached hydrogens (tertiary/aromatic N) is 4. The van der Waals surface area contributed by atoms with Gasteiger partial charge in [0.1, 0.15) is 5.82 Å². The van der Waals surface area contributed by atoms with Gasteiger partial charge < -0.3 is 10.3 Å². The number of non-ortho nitro benzene ring substituents is 1. The first kappa shape index (κ1) is 22.7. The summed E-state index contributed by atoms with van der Waals surface area (Å²) in [7, 11) is 0. The van der Waals surface area contributed by atoms with Gasteiger partial charge in [0.15, 0.2) is 5.16 Å². The third-order valence-corrected chi connectivity index (χ3v) is 5.50. The molecule has 0 atom stereocenters. The quantitative estimate of drug-likeness (QED) is 0.195. The third-order valence-electron chi connectivity index (χ3n) is 4.57. The molecular weight excluding hydrogens is 462 g/mol. The monoisotopic (exact) mass is 479 g/mol. The molecule has 4 aromatic rings. The molecule has 2 aromatic heterocycles. The lowest BCUT2D eigenvalue weighted by Gasteiger charge is -2.10. The summed E-state index contributed by atoms with van der Waals surface area (Å²) in [4.78, 5) is 50.6. The minimum Gasteiger partial charge on any atom is -0.325 e. The van der Waals surface area contributed by atoms with Crippen LogP contribution in [0.5, 0.6) is 0 Å². The van der Waals surface area contributed by atoms with Crippen molar-refractivity contribution < 1.29 is 9.72 Å². The number of carbonyl (C=O) groups excluding carboxylic acids is 1. The van der Waals surface area contributed by atoms with Crippen LogP contribution in [0, 0.1) is 10.1 Å². The predicted octanol–water partition coefficient (Wildman–Crippen LogP) is 1.87. The second-order valence-corrected chi connectivity index (χ2v) is 7.94. The van der Waals surface area contributed by atoms with Crippen molar-refractivity contribution in [2.75, 3.05) is 11.1 Å². The van der Waals surface area contributed by atoms with E-state index in [1.165, 1.54) is 30.3 Å². The Morgan fingerprint density at radius 3 is 2.47 bits per heavy atom. The van der Waals surface area contributed by atoms with Crippen LogP contribution in [0.2, 0.25) is 0 Å². The molecule has 172 valence electrons. The number of nitro groups is 1. The zero-order valence-electron chi connectivity index (χ0n) is 17.4. The fourth-order valence-electron chi connectivity index (χ4n) is 3.12. The van der Waals surface area contributed by atoms with E-state index in [-0.39, 0.29) is 23.8 Å². The first-order valence-electron chi connectivity index (χ1n) is 9.88. The van der Waals surface area contributed by atoms with Gasteiger partial charge in [-0.25, -0.2) is 4.79 Å². The minimum absolute atomic E-state index is 0.00376. The highest BCUT2D eigenvalue weighted by molar-refractivity contribution is 7.99. The maximum atomic E-state index is 12.4. The van der Waals surface area contributed by atoms with E-state index in [0.717, 1.165) is 17.4 Å². The Morgan fingerprint density at radius 2 is 1.79 bits per heavy atom. The minimum atomic E-state index is -0.620. The van der Waals surface area contributed by atoms with Gasteiger partial charge in [-0.05, 0) is 24.3 Å². The Labute approximate surface area is 195 Å². The number of hydrogen-bond donors (Lipinski definition) is 3. The molecule has 0 bridgehead atoms. The molecule has 2 heterocycles. The fourth-order valence-corrected chi connectivity index (χ4v) is 3.89. The van der Waals surface area contributed by atoms with E-state index in [1.807, 2.05) is 30.3 Å². The van der Waals surface area contributed by atoms with Gasteiger partial charge in [-0.3, -0.25) is 29.3 Å². The van der Waals surface area contributed by atoms with Crippen LogP contribution < -0.4 is 16.6 Å². The summed E-state index contributed by atoms with van der Waals surface area (Å²) in [6.45, 7) is 0. The lowest BCUT2D eigenvalue weighted by atomic mass is 10.2. The molecule has 13 heteroatoms. The summed E-state index contributed by atoms with van der Waals surface area (Å²) in [5.41, 5.74) is 0.323. The van der Waals surface area contributed by atoms with Crippen LogP contribution >= 0.6 is 11.8 Å². The first-order valence-corrected chi connectivity index (χ1v) is 10.9. The van der Waals surface area contributed by atoms with Crippen LogP contribution in [0.1, 0.15) is 11.5 Å². The topological polar surface area (TPSA) is 169 Å². The number of nitro benzene ring substituents is 1. The molecule has 0 aliphatic rings. The molecule has 0 fully saturated rings. The van der Waals surface area contributed by atoms with Crippen molar-refractivity contribution >= 4 is 29.0 Å². The van der Waals surface area contributed by atoms with E-state index < -0.39 is 16.2 Å². The number of rotatable bonds is 8. The van der Waals surface area contributed by atoms with E-state index in [0.29, 0.717) is 22.4 Å². The number of anilines is 1. The van der Waals surface area contributed by atoms with E-state index in [9.17, 15) is 24.5 Å². The Hall–Kier alpha value is -4.52. The molecular formula is C21H17N7O5S. The number of benzene rings is 2. The SMILES string of the molecule is O=C(CSc1nnc(Cc2cc(=O)[nH]c(=O)[nH]2)n1-c1ccccc1)Nc1ccc([N+](=O)[O-])cc1. The maximum Gasteiger partial charge on any atom is 0.325 e. The van der Waals surface area contributed by atoms with Gasteiger partial charge in [0.05, 0.1) is 10.7 Å². The summed E-state index contributed by atoms with van der Waals surface area (Å²) < 4.78 is 1.74. The number of H-pyrrole nitrogens is 2. The van der Waals surface area contributed by atoms with Gasteiger partial charge in [0.25, 0.3) is 11.2 Å². The maximum absolute atomic E-state index is 12.4. The van der Waals surface area contributed by atoms with Crippen LogP contribution in [0.25, 0.3) is 5.69 Å². The van der Waals surface area contributed by atoms with Crippen molar-refractivity contribution in [3.8, 4) is 5.69 Å². The summed E-state index contributed by atoms with van der Waals surface area (Å²) in [5.74, 6) is 0.136. The van der Waals surface area contributed by atoms with Crippen molar-refractivity contribution in [1.82, 2.24) is 24.7 Å². The summed E-state index contributed by atoms with van der Waals surface area (Å²) in [5, 5.41) is 22.3. The molecule has 34 heavy (non-hydrogen) atoms. The largest absolute Gasteiger partial charge is 0.325 e. The molecule has 0 aliphatic heterocycles. The van der Waals surface area contributed by atoms with Crippen molar-refractivity contribution in [2.24, 2.45) is 0 Å². The number of thioether (sulfide) groups is 1. The second-order valence-electron chi connectivity index (χ2n) is 7.00. The summed E-state index contributed by atoms with van der Waals surface area (Å²) in [6.07, 6.45) is 0.136. The van der Waals surface area contributed by atoms with Crippen molar-refractivity contribution in [3.05, 3.63) is 103 Å². The molecule has 0 radical (unpaired) electrons. The van der Waals surface area contributed by atoms with Crippen LogP contribution in [-0.4, -0.2) is 41.3 Å². The van der Waals surface area contributed by atoms with Crippen LogP contribution in [-0.2, 0) is 11.2 Å². The molecule has 0 saturated carbocycles. The van der Waals surface area contributed by atoms with E-state index in [2.05, 4.69) is 25.5 Å². The normalized spacial score (nSPS) is 10.7. The Bertz CT molecular complexity index is 1420. The van der Waals surface area contributed by atoms with Crippen LogP contribution in [0.3, 0.4) is 0 Å². The first-order chi connectivity index (χ1) is 16.4. The number of amides is 1. The molecule has 0 unspecified atom stereocenters. The third kappa shape index (κ3) is 5.45. The molecule has 0 aliphatic carbocycles. The average Bonchev–Trinajstić information content (AvgIpc) is 3.20. The molecule has 1 amide bonds. The summed E-state index contributed by atoms with van der Waals surface area (Å²) in [6, 6.07) is 16.0. The predicted molar refractivity (Wildman–Crippen MR) is 124 cm³/mol. The number of aromatic nitrogens is 5. The smallest absolute Gasteiger partial charge is 0.325 e. The highest BCUT2D eigenvalue weighted by Gasteiger charge is 2.17. The average molecular weight is 479 g/mol. The molecule has 12 nitrogen and oxygen atoms in total. The molecule has 3 N–H and O–H groups in total. The van der Waals surface area contributed by atoms with Crippen LogP contribution in [0.4, 0.5) is 11.4 Å². The van der Waals surface area contributed by atoms with Crippen molar-refractivity contribution in [3.63, 3.8) is 0 Å². The Kier molecular flexibility index (Phi) is 6.64. The van der Waals surface area contributed by atoms with E-state index in [1.54, 1.807) is 4.57 Å². The number of hydrogen-bond acceptors (Lipinski definition) is 8. The number of nitrogens with one attached hydrogen (secondary N) is 3. The number of para-hydroxylation sites is 1. The fraction of sp³-hybridized carbons (Fsp3) is 0.0952. The number of aromatic amines is 2. The second kappa shape index (κ2) is 9.95. The molecule has 4 rings (SSSR count).